The van der Waals surface area contributed by atoms with Crippen LogP contribution < -0.4 is 9.64 Å². The number of nitrogens with zero attached hydrogens (tertiary/aromatic N) is 2. The Morgan fingerprint density at radius 1 is 1.12 bits per heavy atom. The Hall–Kier alpha value is -2.04. The molecule has 1 fully saturated rings. The van der Waals surface area contributed by atoms with Gasteiger partial charge in [-0.1, -0.05) is 23.7 Å². The fourth-order valence-corrected chi connectivity index (χ4v) is 3.47. The zero-order valence-corrected chi connectivity index (χ0v) is 15.4. The number of halogens is 1. The number of carbonyl (C=O) groups is 1. The third-order valence-electron chi connectivity index (χ3n) is 4.65. The van der Waals surface area contributed by atoms with Gasteiger partial charge < -0.3 is 9.64 Å². The van der Waals surface area contributed by atoms with Crippen molar-refractivity contribution in [3.05, 3.63) is 58.6 Å². The second-order valence-corrected chi connectivity index (χ2v) is 6.70. The lowest BCUT2D eigenvalue weighted by molar-refractivity contribution is 0.101. The van der Waals surface area contributed by atoms with Crippen molar-refractivity contribution in [2.75, 3.05) is 38.2 Å². The molecule has 2 aromatic carbocycles. The Morgan fingerprint density at radius 2 is 1.84 bits per heavy atom. The van der Waals surface area contributed by atoms with Gasteiger partial charge in [-0.25, -0.2) is 0 Å². The molecule has 2 aromatic rings. The molecule has 25 heavy (non-hydrogen) atoms. The van der Waals surface area contributed by atoms with E-state index in [1.807, 2.05) is 36.4 Å². The summed E-state index contributed by atoms with van der Waals surface area (Å²) in [5, 5.41) is 0.798. The van der Waals surface area contributed by atoms with E-state index in [9.17, 15) is 4.79 Å². The van der Waals surface area contributed by atoms with Crippen LogP contribution in [0.2, 0.25) is 5.02 Å². The van der Waals surface area contributed by atoms with Gasteiger partial charge in [-0.05, 0) is 37.3 Å². The third kappa shape index (κ3) is 4.14. The Labute approximate surface area is 154 Å². The fourth-order valence-electron chi connectivity index (χ4n) is 3.22. The van der Waals surface area contributed by atoms with Gasteiger partial charge in [0, 0.05) is 43.9 Å². The predicted molar refractivity (Wildman–Crippen MR) is 102 cm³/mol. The zero-order valence-electron chi connectivity index (χ0n) is 14.7. The molecule has 0 atom stereocenters. The molecular weight excluding hydrogens is 336 g/mol. The number of hydrogen-bond acceptors (Lipinski definition) is 4. The highest BCUT2D eigenvalue weighted by Gasteiger charge is 2.20. The number of rotatable bonds is 5. The fraction of sp³-hybridized carbons (Fsp3) is 0.350. The van der Waals surface area contributed by atoms with E-state index < -0.39 is 0 Å². The van der Waals surface area contributed by atoms with Crippen molar-refractivity contribution in [2.45, 2.75) is 13.5 Å². The van der Waals surface area contributed by atoms with Gasteiger partial charge in [0.05, 0.1) is 17.8 Å². The molecule has 132 valence electrons. The van der Waals surface area contributed by atoms with E-state index in [0.29, 0.717) is 0 Å². The van der Waals surface area contributed by atoms with Gasteiger partial charge in [0.1, 0.15) is 5.75 Å². The van der Waals surface area contributed by atoms with Crippen LogP contribution in [0.3, 0.4) is 0 Å². The quantitative estimate of drug-likeness (QED) is 0.759. The van der Waals surface area contributed by atoms with Crippen LogP contribution in [0.25, 0.3) is 0 Å². The molecule has 0 saturated carbocycles. The van der Waals surface area contributed by atoms with E-state index in [1.54, 1.807) is 14.0 Å². The number of Topliss-reactive ketones (excluding diaryl/α,β-unsaturated/α-hetero) is 1. The van der Waals surface area contributed by atoms with Gasteiger partial charge in [0.15, 0.2) is 5.78 Å². The van der Waals surface area contributed by atoms with E-state index in [0.717, 1.165) is 60.3 Å². The largest absolute Gasteiger partial charge is 0.496 e. The highest BCUT2D eigenvalue weighted by Crippen LogP contribution is 2.27. The van der Waals surface area contributed by atoms with Crippen molar-refractivity contribution < 1.29 is 9.53 Å². The standard InChI is InChI=1S/C20H23ClN2O2/c1-15(24)16-7-8-20(25-2)17(13-16)14-22-9-11-23(12-10-22)19-6-4-3-5-18(19)21/h3-8,13H,9-12,14H2,1-2H3. The summed E-state index contributed by atoms with van der Waals surface area (Å²) in [6.07, 6.45) is 0. The highest BCUT2D eigenvalue weighted by atomic mass is 35.5. The summed E-state index contributed by atoms with van der Waals surface area (Å²) in [6, 6.07) is 13.6. The van der Waals surface area contributed by atoms with E-state index >= 15 is 0 Å². The average molecular weight is 359 g/mol. The predicted octanol–water partition coefficient (Wildman–Crippen LogP) is 3.87. The SMILES string of the molecule is COc1ccc(C(C)=O)cc1CN1CCN(c2ccccc2Cl)CC1. The molecule has 0 spiro atoms. The van der Waals surface area contributed by atoms with E-state index in [1.165, 1.54) is 0 Å². The van der Waals surface area contributed by atoms with E-state index in [-0.39, 0.29) is 5.78 Å². The van der Waals surface area contributed by atoms with E-state index in [2.05, 4.69) is 15.9 Å². The second-order valence-electron chi connectivity index (χ2n) is 6.30. The Bertz CT molecular complexity index is 755. The smallest absolute Gasteiger partial charge is 0.159 e. The van der Waals surface area contributed by atoms with Crippen LogP contribution >= 0.6 is 11.6 Å². The van der Waals surface area contributed by atoms with Crippen LogP contribution in [0, 0.1) is 0 Å². The highest BCUT2D eigenvalue weighted by molar-refractivity contribution is 6.33. The molecule has 3 rings (SSSR count). The minimum atomic E-state index is 0.0763. The Balaban J connectivity index is 1.67. The molecule has 0 bridgehead atoms. The first-order chi connectivity index (χ1) is 12.1. The maximum Gasteiger partial charge on any atom is 0.159 e. The van der Waals surface area contributed by atoms with Crippen LogP contribution in [-0.2, 0) is 6.54 Å². The van der Waals surface area contributed by atoms with Crippen molar-refractivity contribution in [1.82, 2.24) is 4.90 Å². The van der Waals surface area contributed by atoms with Gasteiger partial charge in [0.2, 0.25) is 0 Å². The summed E-state index contributed by atoms with van der Waals surface area (Å²) >= 11 is 6.31. The number of benzene rings is 2. The molecule has 5 heteroatoms. The zero-order chi connectivity index (χ0) is 17.8. The molecule has 0 radical (unpaired) electrons. The molecule has 4 nitrogen and oxygen atoms in total. The lowest BCUT2D eigenvalue weighted by atomic mass is 10.1. The van der Waals surface area contributed by atoms with Gasteiger partial charge in [-0.15, -0.1) is 0 Å². The minimum Gasteiger partial charge on any atom is -0.496 e. The van der Waals surface area contributed by atoms with E-state index in [4.69, 9.17) is 16.3 Å². The van der Waals surface area contributed by atoms with Crippen LogP contribution in [-0.4, -0.2) is 44.0 Å². The van der Waals surface area contributed by atoms with Gasteiger partial charge in [0.25, 0.3) is 0 Å². The van der Waals surface area contributed by atoms with Gasteiger partial charge >= 0.3 is 0 Å². The number of carbonyl (C=O) groups excluding carboxylic acids is 1. The van der Waals surface area contributed by atoms with Crippen LogP contribution in [0.4, 0.5) is 5.69 Å². The topological polar surface area (TPSA) is 32.8 Å². The number of hydrogen-bond donors (Lipinski definition) is 0. The van der Waals surface area contributed by atoms with Crippen LogP contribution in [0.1, 0.15) is 22.8 Å². The summed E-state index contributed by atoms with van der Waals surface area (Å²) in [6.45, 7) is 6.11. The van der Waals surface area contributed by atoms with Crippen LogP contribution in [0.5, 0.6) is 5.75 Å². The van der Waals surface area contributed by atoms with Crippen molar-refractivity contribution in [3.8, 4) is 5.75 Å². The maximum atomic E-state index is 11.6. The Kier molecular flexibility index (Phi) is 5.61. The van der Waals surface area contributed by atoms with Crippen molar-refractivity contribution in [3.63, 3.8) is 0 Å². The molecule has 1 heterocycles. The summed E-state index contributed by atoms with van der Waals surface area (Å²) < 4.78 is 5.46. The number of ether oxygens (including phenoxy) is 1. The van der Waals surface area contributed by atoms with Crippen LogP contribution in [0.15, 0.2) is 42.5 Å². The molecule has 0 aliphatic carbocycles. The summed E-state index contributed by atoms with van der Waals surface area (Å²) in [4.78, 5) is 16.4. The van der Waals surface area contributed by atoms with Crippen molar-refractivity contribution >= 4 is 23.1 Å². The first kappa shape index (κ1) is 17.8. The normalized spacial score (nSPS) is 15.2. The van der Waals surface area contributed by atoms with Gasteiger partial charge in [-0.3, -0.25) is 9.69 Å². The molecule has 0 N–H and O–H groups in total. The summed E-state index contributed by atoms with van der Waals surface area (Å²) in [5.74, 6) is 0.908. The van der Waals surface area contributed by atoms with Gasteiger partial charge in [-0.2, -0.15) is 0 Å². The Morgan fingerprint density at radius 3 is 2.48 bits per heavy atom. The van der Waals surface area contributed by atoms with Crippen molar-refractivity contribution in [2.24, 2.45) is 0 Å². The first-order valence-corrected chi connectivity index (χ1v) is 8.86. The minimum absolute atomic E-state index is 0.0763. The number of para-hydroxylation sites is 1. The molecule has 1 aliphatic rings. The summed E-state index contributed by atoms with van der Waals surface area (Å²) in [5.41, 5.74) is 2.88. The molecular formula is C20H23ClN2O2. The number of anilines is 1. The number of ketones is 1. The maximum absolute atomic E-state index is 11.6. The third-order valence-corrected chi connectivity index (χ3v) is 4.97. The molecule has 1 saturated heterocycles. The first-order valence-electron chi connectivity index (χ1n) is 8.48. The second kappa shape index (κ2) is 7.89. The number of piperazine rings is 1. The molecule has 0 aromatic heterocycles. The average Bonchev–Trinajstić information content (AvgIpc) is 2.63. The summed E-state index contributed by atoms with van der Waals surface area (Å²) in [7, 11) is 1.67. The monoisotopic (exact) mass is 358 g/mol. The molecule has 0 amide bonds. The lowest BCUT2D eigenvalue weighted by Gasteiger charge is -2.36. The lowest BCUT2D eigenvalue weighted by Crippen LogP contribution is -2.46. The van der Waals surface area contributed by atoms with Crippen molar-refractivity contribution in [1.29, 1.82) is 0 Å². The molecule has 0 unspecified atom stereocenters. The number of methoxy groups -OCH3 is 1. The molecule has 1 aliphatic heterocycles.